The summed E-state index contributed by atoms with van der Waals surface area (Å²) in [6.45, 7) is 2.67. The van der Waals surface area contributed by atoms with Gasteiger partial charge in [0.05, 0.1) is 19.1 Å². The summed E-state index contributed by atoms with van der Waals surface area (Å²) in [5, 5.41) is 3.31. The topological polar surface area (TPSA) is 41.6 Å². The van der Waals surface area contributed by atoms with Gasteiger partial charge in [0, 0.05) is 13.1 Å². The number of carbonyl (C=O) groups is 1. The highest BCUT2D eigenvalue weighted by Gasteiger charge is 2.25. The van der Waals surface area contributed by atoms with Crippen molar-refractivity contribution in [3.8, 4) is 0 Å². The fraction of sp³-hybridized carbons (Fsp3) is 0.923. The molecule has 17 heavy (non-hydrogen) atoms. The molecule has 1 saturated carbocycles. The van der Waals surface area contributed by atoms with Crippen LogP contribution < -0.4 is 5.32 Å². The molecule has 2 aliphatic rings. The van der Waals surface area contributed by atoms with Crippen LogP contribution in [0.1, 0.15) is 38.5 Å². The van der Waals surface area contributed by atoms with Crippen LogP contribution in [-0.2, 0) is 9.53 Å². The summed E-state index contributed by atoms with van der Waals surface area (Å²) in [5.74, 6) is 0.239. The zero-order chi connectivity index (χ0) is 12.1. The number of amides is 1. The van der Waals surface area contributed by atoms with Gasteiger partial charge in [0.25, 0.3) is 0 Å². The maximum absolute atomic E-state index is 11.9. The number of ether oxygens (including phenoxy) is 1. The molecule has 0 unspecified atom stereocenters. The van der Waals surface area contributed by atoms with E-state index in [9.17, 15) is 4.79 Å². The van der Waals surface area contributed by atoms with E-state index in [-0.39, 0.29) is 5.91 Å². The average Bonchev–Trinajstić information content (AvgIpc) is 2.28. The number of hydrogen-bond donors (Lipinski definition) is 1. The Labute approximate surface area is 104 Å². The minimum atomic E-state index is 0.239. The van der Waals surface area contributed by atoms with Crippen molar-refractivity contribution in [3.05, 3.63) is 0 Å². The van der Waals surface area contributed by atoms with Crippen LogP contribution in [0.25, 0.3) is 0 Å². The minimum Gasteiger partial charge on any atom is -0.378 e. The Bertz CT molecular complexity index is 248. The molecule has 1 N–H and O–H groups in total. The predicted octanol–water partition coefficient (Wildman–Crippen LogP) is 1.16. The van der Waals surface area contributed by atoms with Crippen LogP contribution in [0.2, 0.25) is 0 Å². The number of nitrogens with one attached hydrogen (secondary N) is 1. The van der Waals surface area contributed by atoms with E-state index in [0.29, 0.717) is 25.2 Å². The van der Waals surface area contributed by atoms with E-state index >= 15 is 0 Å². The van der Waals surface area contributed by atoms with Gasteiger partial charge in [-0.2, -0.15) is 0 Å². The van der Waals surface area contributed by atoms with Crippen molar-refractivity contribution >= 4 is 5.91 Å². The lowest BCUT2D eigenvalue weighted by Gasteiger charge is -2.35. The Morgan fingerprint density at radius 3 is 2.59 bits per heavy atom. The molecular weight excluding hydrogens is 216 g/mol. The van der Waals surface area contributed by atoms with Gasteiger partial charge in [-0.25, -0.2) is 0 Å². The van der Waals surface area contributed by atoms with Gasteiger partial charge in [-0.3, -0.25) is 4.79 Å². The Morgan fingerprint density at radius 2 is 2.00 bits per heavy atom. The molecule has 1 amide bonds. The van der Waals surface area contributed by atoms with Gasteiger partial charge in [0.2, 0.25) is 5.91 Å². The number of piperidine rings is 1. The first-order chi connectivity index (χ1) is 8.27. The summed E-state index contributed by atoms with van der Waals surface area (Å²) >= 11 is 0. The van der Waals surface area contributed by atoms with Gasteiger partial charge in [-0.05, 0) is 45.2 Å². The lowest BCUT2D eigenvalue weighted by atomic mass is 9.92. The highest BCUT2D eigenvalue weighted by atomic mass is 16.5. The van der Waals surface area contributed by atoms with Gasteiger partial charge in [-0.15, -0.1) is 0 Å². The Kier molecular flexibility index (Phi) is 4.80. The number of nitrogens with zero attached hydrogens (tertiary/aromatic N) is 1. The maximum Gasteiger partial charge on any atom is 0.224 e. The lowest BCUT2D eigenvalue weighted by molar-refractivity contribution is -0.135. The third-order valence-corrected chi connectivity index (χ3v) is 3.97. The first-order valence-corrected chi connectivity index (χ1v) is 6.85. The van der Waals surface area contributed by atoms with E-state index in [0.717, 1.165) is 25.9 Å². The van der Waals surface area contributed by atoms with Crippen molar-refractivity contribution < 1.29 is 9.53 Å². The van der Waals surface area contributed by atoms with Crippen LogP contribution in [0.5, 0.6) is 0 Å². The third-order valence-electron chi connectivity index (χ3n) is 3.97. The highest BCUT2D eigenvalue weighted by Crippen LogP contribution is 2.23. The number of hydrogen-bond acceptors (Lipinski definition) is 3. The van der Waals surface area contributed by atoms with Gasteiger partial charge in [0.1, 0.15) is 0 Å². The molecular formula is C13H24N2O2. The molecule has 0 radical (unpaired) electrons. The highest BCUT2D eigenvalue weighted by molar-refractivity contribution is 5.76. The molecule has 4 nitrogen and oxygen atoms in total. The summed E-state index contributed by atoms with van der Waals surface area (Å²) in [7, 11) is 1.93. The van der Waals surface area contributed by atoms with Crippen molar-refractivity contribution in [2.75, 3.05) is 26.7 Å². The molecule has 0 aromatic rings. The lowest BCUT2D eigenvalue weighted by Crippen LogP contribution is -2.41. The van der Waals surface area contributed by atoms with Crippen molar-refractivity contribution in [2.24, 2.45) is 0 Å². The molecule has 0 aromatic heterocycles. The van der Waals surface area contributed by atoms with Gasteiger partial charge < -0.3 is 15.0 Å². The monoisotopic (exact) mass is 240 g/mol. The average molecular weight is 240 g/mol. The second-order valence-electron chi connectivity index (χ2n) is 5.16. The van der Waals surface area contributed by atoms with Crippen LogP contribution in [0, 0.1) is 0 Å². The molecule has 1 saturated heterocycles. The van der Waals surface area contributed by atoms with Crippen LogP contribution in [-0.4, -0.2) is 49.7 Å². The Balaban J connectivity index is 1.58. The molecule has 0 spiro atoms. The smallest absolute Gasteiger partial charge is 0.224 e. The van der Waals surface area contributed by atoms with Crippen LogP contribution >= 0.6 is 0 Å². The van der Waals surface area contributed by atoms with E-state index in [1.54, 1.807) is 0 Å². The van der Waals surface area contributed by atoms with Crippen molar-refractivity contribution in [1.82, 2.24) is 10.2 Å². The molecule has 2 rings (SSSR count). The molecule has 1 aliphatic carbocycles. The van der Waals surface area contributed by atoms with Crippen LogP contribution in [0.15, 0.2) is 0 Å². The fourth-order valence-corrected chi connectivity index (χ4v) is 2.43. The van der Waals surface area contributed by atoms with Crippen LogP contribution in [0.4, 0.5) is 0 Å². The Hall–Kier alpha value is -0.610. The molecule has 1 heterocycles. The van der Waals surface area contributed by atoms with Crippen molar-refractivity contribution in [3.63, 3.8) is 0 Å². The molecule has 0 atom stereocenters. The van der Waals surface area contributed by atoms with E-state index in [1.807, 2.05) is 11.9 Å². The molecule has 98 valence electrons. The van der Waals surface area contributed by atoms with Gasteiger partial charge >= 0.3 is 0 Å². The quantitative estimate of drug-likeness (QED) is 0.784. The first-order valence-electron chi connectivity index (χ1n) is 6.85. The zero-order valence-electron chi connectivity index (χ0n) is 10.8. The van der Waals surface area contributed by atoms with E-state index in [2.05, 4.69) is 5.32 Å². The standard InChI is InChI=1S/C13H24N2O2/c1-15(11-3-2-4-11)13(16)7-10-17-12-5-8-14-9-6-12/h11-12,14H,2-10H2,1H3. The first kappa shape index (κ1) is 12.8. The minimum absolute atomic E-state index is 0.239. The van der Waals surface area contributed by atoms with Crippen molar-refractivity contribution in [2.45, 2.75) is 50.7 Å². The second kappa shape index (κ2) is 6.36. The maximum atomic E-state index is 11.9. The third kappa shape index (κ3) is 3.68. The normalized spacial score (nSPS) is 22.2. The number of carbonyl (C=O) groups excluding carboxylic acids is 1. The summed E-state index contributed by atoms with van der Waals surface area (Å²) in [4.78, 5) is 13.8. The summed E-state index contributed by atoms with van der Waals surface area (Å²) < 4.78 is 5.75. The van der Waals surface area contributed by atoms with E-state index in [1.165, 1.54) is 19.3 Å². The number of rotatable bonds is 5. The predicted molar refractivity (Wildman–Crippen MR) is 66.9 cm³/mol. The second-order valence-corrected chi connectivity index (χ2v) is 5.16. The van der Waals surface area contributed by atoms with Crippen molar-refractivity contribution in [1.29, 1.82) is 0 Å². The van der Waals surface area contributed by atoms with Gasteiger partial charge in [0.15, 0.2) is 0 Å². The van der Waals surface area contributed by atoms with E-state index in [4.69, 9.17) is 4.74 Å². The van der Waals surface area contributed by atoms with Gasteiger partial charge in [-0.1, -0.05) is 0 Å². The SMILES string of the molecule is CN(C(=O)CCOC1CCNCC1)C1CCC1. The fourth-order valence-electron chi connectivity index (χ4n) is 2.43. The summed E-state index contributed by atoms with van der Waals surface area (Å²) in [6.07, 6.45) is 6.68. The molecule has 0 bridgehead atoms. The molecule has 0 aromatic carbocycles. The summed E-state index contributed by atoms with van der Waals surface area (Å²) in [6, 6.07) is 0.501. The largest absolute Gasteiger partial charge is 0.378 e. The Morgan fingerprint density at radius 1 is 1.29 bits per heavy atom. The zero-order valence-corrected chi connectivity index (χ0v) is 10.8. The molecule has 2 fully saturated rings. The molecule has 4 heteroatoms. The molecule has 1 aliphatic heterocycles. The summed E-state index contributed by atoms with van der Waals surface area (Å²) in [5.41, 5.74) is 0. The van der Waals surface area contributed by atoms with Crippen LogP contribution in [0.3, 0.4) is 0 Å². The van der Waals surface area contributed by atoms with E-state index < -0.39 is 0 Å².